The third kappa shape index (κ3) is 2.45. The third-order valence-corrected chi connectivity index (χ3v) is 3.25. The summed E-state index contributed by atoms with van der Waals surface area (Å²) in [6.45, 7) is 0.668. The van der Waals surface area contributed by atoms with Crippen molar-refractivity contribution in [3.63, 3.8) is 0 Å². The highest BCUT2D eigenvalue weighted by molar-refractivity contribution is 7.07. The van der Waals surface area contributed by atoms with Crippen molar-refractivity contribution in [1.82, 2.24) is 0 Å². The lowest BCUT2D eigenvalue weighted by atomic mass is 10.1. The smallest absolute Gasteiger partial charge is 0.143 e. The van der Waals surface area contributed by atoms with Crippen LogP contribution in [0.25, 0.3) is 0 Å². The number of nitrogens with zero attached hydrogens (tertiary/aromatic N) is 2. The van der Waals surface area contributed by atoms with Crippen LogP contribution in [0.2, 0.25) is 0 Å². The predicted molar refractivity (Wildman–Crippen MR) is 67.5 cm³/mol. The van der Waals surface area contributed by atoms with Gasteiger partial charge in [0.15, 0.2) is 0 Å². The molecule has 2 rings (SSSR count). The average molecular weight is 246 g/mol. The Morgan fingerprint density at radius 1 is 1.41 bits per heavy atom. The average Bonchev–Trinajstić information content (AvgIpc) is 2.81. The number of nitriles is 1. The van der Waals surface area contributed by atoms with Crippen molar-refractivity contribution in [2.75, 3.05) is 11.9 Å². The molecule has 0 N–H and O–H groups in total. The van der Waals surface area contributed by atoms with E-state index in [2.05, 4.69) is 0 Å². The predicted octanol–water partition coefficient (Wildman–Crippen LogP) is 3.40. The maximum Gasteiger partial charge on any atom is 0.143 e. The molecule has 0 spiro atoms. The summed E-state index contributed by atoms with van der Waals surface area (Å²) >= 11 is 1.62. The molecule has 17 heavy (non-hydrogen) atoms. The summed E-state index contributed by atoms with van der Waals surface area (Å²) in [5.41, 5.74) is 1.88. The van der Waals surface area contributed by atoms with Crippen LogP contribution in [0.15, 0.2) is 35.0 Å². The van der Waals surface area contributed by atoms with Gasteiger partial charge in [0.05, 0.1) is 5.69 Å². The molecule has 0 unspecified atom stereocenters. The summed E-state index contributed by atoms with van der Waals surface area (Å²) in [7, 11) is 1.85. The van der Waals surface area contributed by atoms with Gasteiger partial charge in [0.2, 0.25) is 0 Å². The van der Waals surface area contributed by atoms with Crippen LogP contribution in [0.5, 0.6) is 0 Å². The van der Waals surface area contributed by atoms with E-state index in [1.165, 1.54) is 6.07 Å². The van der Waals surface area contributed by atoms with Gasteiger partial charge in [-0.25, -0.2) is 4.39 Å². The highest BCUT2D eigenvalue weighted by atomic mass is 32.1. The Hall–Kier alpha value is -1.86. The summed E-state index contributed by atoms with van der Waals surface area (Å²) in [5, 5.41) is 13.0. The number of anilines is 1. The zero-order chi connectivity index (χ0) is 12.3. The minimum atomic E-state index is -0.470. The lowest BCUT2D eigenvalue weighted by molar-refractivity contribution is 0.623. The maximum atomic E-state index is 13.4. The largest absolute Gasteiger partial charge is 0.369 e. The van der Waals surface area contributed by atoms with Crippen LogP contribution in [0, 0.1) is 17.1 Å². The van der Waals surface area contributed by atoms with Crippen molar-refractivity contribution < 1.29 is 4.39 Å². The molecule has 0 radical (unpaired) electrons. The van der Waals surface area contributed by atoms with Gasteiger partial charge in [0.1, 0.15) is 17.4 Å². The molecule has 0 saturated carbocycles. The first kappa shape index (κ1) is 11.6. The normalized spacial score (nSPS) is 9.94. The zero-order valence-corrected chi connectivity index (χ0v) is 10.2. The maximum absolute atomic E-state index is 13.4. The van der Waals surface area contributed by atoms with Gasteiger partial charge in [-0.05, 0) is 34.5 Å². The molecule has 86 valence electrons. The number of rotatable bonds is 3. The summed E-state index contributed by atoms with van der Waals surface area (Å²) in [6, 6.07) is 8.62. The lowest BCUT2D eigenvalue weighted by Gasteiger charge is -2.20. The van der Waals surface area contributed by atoms with Crippen molar-refractivity contribution in [1.29, 1.82) is 5.26 Å². The molecule has 1 heterocycles. The van der Waals surface area contributed by atoms with E-state index in [1.54, 1.807) is 23.5 Å². The van der Waals surface area contributed by atoms with Gasteiger partial charge in [-0.2, -0.15) is 16.6 Å². The van der Waals surface area contributed by atoms with Gasteiger partial charge in [-0.15, -0.1) is 0 Å². The van der Waals surface area contributed by atoms with E-state index in [1.807, 2.05) is 34.8 Å². The van der Waals surface area contributed by atoms with Crippen LogP contribution in [0.3, 0.4) is 0 Å². The fourth-order valence-electron chi connectivity index (χ4n) is 1.68. The number of hydrogen-bond acceptors (Lipinski definition) is 3. The molecular weight excluding hydrogens is 235 g/mol. The van der Waals surface area contributed by atoms with Gasteiger partial charge in [0, 0.05) is 13.6 Å². The van der Waals surface area contributed by atoms with Gasteiger partial charge in [-0.3, -0.25) is 0 Å². The Bertz CT molecular complexity index is 543. The minimum Gasteiger partial charge on any atom is -0.369 e. The fourth-order valence-corrected chi connectivity index (χ4v) is 2.34. The summed E-state index contributed by atoms with van der Waals surface area (Å²) in [5.74, 6) is -0.470. The minimum absolute atomic E-state index is 0.102. The molecule has 0 amide bonds. The van der Waals surface area contributed by atoms with Crippen LogP contribution in [0.4, 0.5) is 10.1 Å². The molecule has 0 aliphatic rings. The van der Waals surface area contributed by atoms with Gasteiger partial charge >= 0.3 is 0 Å². The first-order chi connectivity index (χ1) is 8.22. The van der Waals surface area contributed by atoms with Crippen molar-refractivity contribution in [3.05, 3.63) is 52.0 Å². The topological polar surface area (TPSA) is 27.0 Å². The second kappa shape index (κ2) is 4.98. The Balaban J connectivity index is 2.28. The molecule has 0 saturated heterocycles. The number of benzene rings is 1. The highest BCUT2D eigenvalue weighted by Gasteiger charge is 2.11. The Morgan fingerprint density at radius 2 is 2.24 bits per heavy atom. The number of thiophene rings is 1. The molecular formula is C13H11FN2S. The number of halogens is 1. The van der Waals surface area contributed by atoms with E-state index in [9.17, 15) is 4.39 Å². The first-order valence-corrected chi connectivity index (χ1v) is 6.07. The van der Waals surface area contributed by atoms with E-state index in [0.717, 1.165) is 5.56 Å². The molecule has 2 aromatic rings. The molecule has 0 fully saturated rings. The van der Waals surface area contributed by atoms with E-state index in [-0.39, 0.29) is 5.56 Å². The zero-order valence-electron chi connectivity index (χ0n) is 9.35. The Labute approximate surface area is 104 Å². The second-order valence-electron chi connectivity index (χ2n) is 3.73. The van der Waals surface area contributed by atoms with E-state index >= 15 is 0 Å². The molecule has 1 aromatic carbocycles. The van der Waals surface area contributed by atoms with Gasteiger partial charge in [0.25, 0.3) is 0 Å². The summed E-state index contributed by atoms with van der Waals surface area (Å²) in [6.07, 6.45) is 0. The van der Waals surface area contributed by atoms with E-state index in [4.69, 9.17) is 5.26 Å². The highest BCUT2D eigenvalue weighted by Crippen LogP contribution is 2.23. The second-order valence-corrected chi connectivity index (χ2v) is 4.51. The first-order valence-electron chi connectivity index (χ1n) is 5.13. The quantitative estimate of drug-likeness (QED) is 0.830. The standard InChI is InChI=1S/C13H11FN2S/c1-16(8-10-5-6-17-9-10)13-4-2-3-12(14)11(13)7-15/h2-6,9H,8H2,1H3. The fraction of sp³-hybridized carbons (Fsp3) is 0.154. The Morgan fingerprint density at radius 3 is 2.88 bits per heavy atom. The van der Waals surface area contributed by atoms with Crippen LogP contribution >= 0.6 is 11.3 Å². The van der Waals surface area contributed by atoms with E-state index < -0.39 is 5.82 Å². The number of hydrogen-bond donors (Lipinski definition) is 0. The molecule has 1 aromatic heterocycles. The van der Waals surface area contributed by atoms with Gasteiger partial charge in [-0.1, -0.05) is 6.07 Å². The molecule has 0 bridgehead atoms. The summed E-state index contributed by atoms with van der Waals surface area (Å²) in [4.78, 5) is 1.88. The van der Waals surface area contributed by atoms with Crippen LogP contribution in [0.1, 0.15) is 11.1 Å². The van der Waals surface area contributed by atoms with Crippen molar-refractivity contribution in [2.24, 2.45) is 0 Å². The van der Waals surface area contributed by atoms with Crippen LogP contribution < -0.4 is 4.90 Å². The SMILES string of the molecule is CN(Cc1ccsc1)c1cccc(F)c1C#N. The van der Waals surface area contributed by atoms with Crippen molar-refractivity contribution in [3.8, 4) is 6.07 Å². The molecule has 0 atom stereocenters. The Kier molecular flexibility index (Phi) is 3.40. The van der Waals surface area contributed by atoms with Crippen LogP contribution in [-0.4, -0.2) is 7.05 Å². The van der Waals surface area contributed by atoms with Crippen LogP contribution in [-0.2, 0) is 6.54 Å². The van der Waals surface area contributed by atoms with E-state index in [0.29, 0.717) is 12.2 Å². The molecule has 4 heteroatoms. The monoisotopic (exact) mass is 246 g/mol. The van der Waals surface area contributed by atoms with Gasteiger partial charge < -0.3 is 4.90 Å². The lowest BCUT2D eigenvalue weighted by Crippen LogP contribution is -2.17. The van der Waals surface area contributed by atoms with Crippen molar-refractivity contribution in [2.45, 2.75) is 6.54 Å². The summed E-state index contributed by atoms with van der Waals surface area (Å²) < 4.78 is 13.4. The van der Waals surface area contributed by atoms with Crippen molar-refractivity contribution >= 4 is 17.0 Å². The molecule has 0 aliphatic heterocycles. The molecule has 0 aliphatic carbocycles. The third-order valence-electron chi connectivity index (χ3n) is 2.51. The molecule has 2 nitrogen and oxygen atoms in total.